The summed E-state index contributed by atoms with van der Waals surface area (Å²) in [6.07, 6.45) is 5.03. The van der Waals surface area contributed by atoms with Crippen molar-refractivity contribution >= 4 is 5.69 Å². The van der Waals surface area contributed by atoms with Crippen LogP contribution in [0.5, 0.6) is 0 Å². The predicted molar refractivity (Wildman–Crippen MR) is 51.2 cm³/mol. The number of nitrogens with zero attached hydrogens (tertiary/aromatic N) is 5. The lowest BCUT2D eigenvalue weighted by atomic mass is 10.5. The molecule has 2 aromatic rings. The Kier molecular flexibility index (Phi) is 2.10. The van der Waals surface area contributed by atoms with Crippen molar-refractivity contribution in [2.45, 2.75) is 6.92 Å². The Morgan fingerprint density at radius 2 is 1.93 bits per heavy atom. The Hall–Kier alpha value is -1.98. The smallest absolute Gasteiger partial charge is 0.268 e. The first-order chi connectivity index (χ1) is 6.79. The van der Waals surface area contributed by atoms with Crippen LogP contribution in [0.4, 0.5) is 5.69 Å². The van der Waals surface area contributed by atoms with Gasteiger partial charge in [-0.1, -0.05) is 0 Å². The molecule has 6 heteroatoms. The van der Waals surface area contributed by atoms with Crippen LogP contribution in [0, 0.1) is 6.92 Å². The first-order valence-corrected chi connectivity index (χ1v) is 4.19. The van der Waals surface area contributed by atoms with Crippen molar-refractivity contribution < 1.29 is 0 Å². The third-order valence-electron chi connectivity index (χ3n) is 1.71. The van der Waals surface area contributed by atoms with Crippen LogP contribution in [-0.4, -0.2) is 32.0 Å². The van der Waals surface area contributed by atoms with Gasteiger partial charge >= 0.3 is 0 Å². The summed E-state index contributed by atoms with van der Waals surface area (Å²) in [5.74, 6) is 0.470. The molecule has 6 nitrogen and oxygen atoms in total. The standard InChI is InChI=1S/C8H10N6/c1-6-3-12-14(13-6)8-10-4-7(9-2)5-11-8/h3-5,9H,1-2H3. The van der Waals surface area contributed by atoms with Gasteiger partial charge in [-0.2, -0.15) is 10.2 Å². The topological polar surface area (TPSA) is 68.5 Å². The third-order valence-corrected chi connectivity index (χ3v) is 1.71. The fourth-order valence-corrected chi connectivity index (χ4v) is 0.989. The van der Waals surface area contributed by atoms with Crippen LogP contribution in [0.25, 0.3) is 5.95 Å². The van der Waals surface area contributed by atoms with Gasteiger partial charge < -0.3 is 5.32 Å². The fraction of sp³-hybridized carbons (Fsp3) is 0.250. The number of anilines is 1. The minimum absolute atomic E-state index is 0.470. The van der Waals surface area contributed by atoms with Crippen molar-refractivity contribution in [3.05, 3.63) is 24.3 Å². The number of aryl methyl sites for hydroxylation is 1. The lowest BCUT2D eigenvalue weighted by Crippen LogP contribution is -2.05. The monoisotopic (exact) mass is 190 g/mol. The van der Waals surface area contributed by atoms with Crippen molar-refractivity contribution in [1.29, 1.82) is 0 Å². The second-order valence-corrected chi connectivity index (χ2v) is 2.80. The molecular formula is C8H10N6. The van der Waals surface area contributed by atoms with E-state index in [-0.39, 0.29) is 0 Å². The van der Waals surface area contributed by atoms with Gasteiger partial charge in [0.25, 0.3) is 5.95 Å². The molecule has 0 aromatic carbocycles. The highest BCUT2D eigenvalue weighted by Crippen LogP contribution is 2.03. The number of nitrogens with one attached hydrogen (secondary N) is 1. The zero-order valence-electron chi connectivity index (χ0n) is 7.97. The van der Waals surface area contributed by atoms with E-state index in [0.29, 0.717) is 5.95 Å². The van der Waals surface area contributed by atoms with Crippen LogP contribution in [0.1, 0.15) is 5.69 Å². The highest BCUT2D eigenvalue weighted by atomic mass is 15.5. The minimum atomic E-state index is 0.470. The molecule has 1 N–H and O–H groups in total. The van der Waals surface area contributed by atoms with Gasteiger partial charge in [0, 0.05) is 7.05 Å². The predicted octanol–water partition coefficient (Wildman–Crippen LogP) is 0.407. The molecule has 0 bridgehead atoms. The summed E-state index contributed by atoms with van der Waals surface area (Å²) in [6.45, 7) is 1.87. The number of hydrogen-bond acceptors (Lipinski definition) is 5. The van der Waals surface area contributed by atoms with Crippen molar-refractivity contribution in [2.24, 2.45) is 0 Å². The van der Waals surface area contributed by atoms with E-state index in [1.165, 1.54) is 4.80 Å². The van der Waals surface area contributed by atoms with Crippen molar-refractivity contribution in [3.8, 4) is 5.95 Å². The molecule has 0 spiro atoms. The van der Waals surface area contributed by atoms with Crippen molar-refractivity contribution in [1.82, 2.24) is 25.0 Å². The van der Waals surface area contributed by atoms with Crippen LogP contribution in [-0.2, 0) is 0 Å². The van der Waals surface area contributed by atoms with Gasteiger partial charge in [-0.25, -0.2) is 9.97 Å². The van der Waals surface area contributed by atoms with Gasteiger partial charge in [0.15, 0.2) is 0 Å². The zero-order valence-corrected chi connectivity index (χ0v) is 7.97. The lowest BCUT2D eigenvalue weighted by molar-refractivity contribution is 0.698. The molecule has 0 radical (unpaired) electrons. The summed E-state index contributed by atoms with van der Waals surface area (Å²) in [4.78, 5) is 9.59. The highest BCUT2D eigenvalue weighted by Gasteiger charge is 2.01. The largest absolute Gasteiger partial charge is 0.386 e. The quantitative estimate of drug-likeness (QED) is 0.742. The summed E-state index contributed by atoms with van der Waals surface area (Å²) < 4.78 is 0. The maximum atomic E-state index is 4.10. The molecule has 0 unspecified atom stereocenters. The van der Waals surface area contributed by atoms with Crippen LogP contribution in [0.15, 0.2) is 18.6 Å². The van der Waals surface area contributed by atoms with E-state index < -0.39 is 0 Å². The Morgan fingerprint density at radius 1 is 1.21 bits per heavy atom. The minimum Gasteiger partial charge on any atom is -0.386 e. The van der Waals surface area contributed by atoms with Gasteiger partial charge in [0.1, 0.15) is 0 Å². The van der Waals surface area contributed by atoms with Gasteiger partial charge in [0.05, 0.1) is 30.0 Å². The Morgan fingerprint density at radius 3 is 2.43 bits per heavy atom. The molecule has 0 saturated heterocycles. The highest BCUT2D eigenvalue weighted by molar-refractivity contribution is 5.37. The van der Waals surface area contributed by atoms with Gasteiger partial charge in [-0.15, -0.1) is 4.80 Å². The molecule has 0 saturated carbocycles. The molecule has 0 amide bonds. The Bertz CT molecular complexity index is 418. The van der Waals surface area contributed by atoms with E-state index in [4.69, 9.17) is 0 Å². The molecule has 2 aromatic heterocycles. The molecule has 2 heterocycles. The summed E-state index contributed by atoms with van der Waals surface area (Å²) in [5, 5.41) is 11.0. The summed E-state index contributed by atoms with van der Waals surface area (Å²) in [7, 11) is 1.81. The van der Waals surface area contributed by atoms with Crippen molar-refractivity contribution in [3.63, 3.8) is 0 Å². The average Bonchev–Trinajstić information content (AvgIpc) is 2.65. The molecular weight excluding hydrogens is 180 g/mol. The number of rotatable bonds is 2. The van der Waals surface area contributed by atoms with Crippen molar-refractivity contribution in [2.75, 3.05) is 12.4 Å². The van der Waals surface area contributed by atoms with Crippen LogP contribution < -0.4 is 5.32 Å². The maximum Gasteiger partial charge on any atom is 0.268 e. The third kappa shape index (κ3) is 1.54. The molecule has 0 fully saturated rings. The van der Waals surface area contributed by atoms with Gasteiger partial charge in [-0.05, 0) is 6.92 Å². The van der Waals surface area contributed by atoms with E-state index in [0.717, 1.165) is 11.4 Å². The van der Waals surface area contributed by atoms with E-state index in [1.54, 1.807) is 18.6 Å². The fourth-order valence-electron chi connectivity index (χ4n) is 0.989. The first-order valence-electron chi connectivity index (χ1n) is 4.19. The maximum absolute atomic E-state index is 4.10. The number of aromatic nitrogens is 5. The SMILES string of the molecule is CNc1cnc(-n2ncc(C)n2)nc1. The first kappa shape index (κ1) is 8.61. The van der Waals surface area contributed by atoms with Crippen LogP contribution in [0.2, 0.25) is 0 Å². The molecule has 0 aliphatic carbocycles. The summed E-state index contributed by atoms with van der Waals surface area (Å²) >= 11 is 0. The molecule has 0 aliphatic heterocycles. The van der Waals surface area contributed by atoms with Gasteiger partial charge in [0.2, 0.25) is 0 Å². The summed E-state index contributed by atoms with van der Waals surface area (Å²) in [5.41, 5.74) is 1.70. The van der Waals surface area contributed by atoms with Crippen LogP contribution in [0.3, 0.4) is 0 Å². The molecule has 0 aliphatic rings. The molecule has 2 rings (SSSR count). The lowest BCUT2D eigenvalue weighted by Gasteiger charge is -1.99. The summed E-state index contributed by atoms with van der Waals surface area (Å²) in [6, 6.07) is 0. The second kappa shape index (κ2) is 3.41. The van der Waals surface area contributed by atoms with E-state index in [1.807, 2.05) is 14.0 Å². The molecule has 0 atom stereocenters. The van der Waals surface area contributed by atoms with E-state index in [9.17, 15) is 0 Å². The van der Waals surface area contributed by atoms with E-state index >= 15 is 0 Å². The normalized spacial score (nSPS) is 10.1. The van der Waals surface area contributed by atoms with E-state index in [2.05, 4.69) is 25.5 Å². The molecule has 14 heavy (non-hydrogen) atoms. The Labute approximate surface area is 81.0 Å². The zero-order chi connectivity index (χ0) is 9.97. The van der Waals surface area contributed by atoms with Gasteiger partial charge in [-0.3, -0.25) is 0 Å². The molecule has 72 valence electrons. The average molecular weight is 190 g/mol. The van der Waals surface area contributed by atoms with Crippen LogP contribution >= 0.6 is 0 Å². The second-order valence-electron chi connectivity index (χ2n) is 2.80. The Balaban J connectivity index is 2.33. The number of hydrogen-bond donors (Lipinski definition) is 1.